The van der Waals surface area contributed by atoms with E-state index >= 15 is 0 Å². The fourth-order valence-corrected chi connectivity index (χ4v) is 3.12. The Morgan fingerprint density at radius 1 is 1.00 bits per heavy atom. The number of nitrogens with one attached hydrogen (secondary N) is 1. The Hall–Kier alpha value is -0.790. The second-order valence-corrected chi connectivity index (χ2v) is 8.11. The van der Waals surface area contributed by atoms with E-state index in [2.05, 4.69) is 60.4 Å². The molecule has 0 radical (unpaired) electrons. The number of unbranched alkanes of at least 4 members (excludes halogenated alkanes) is 2. The van der Waals surface area contributed by atoms with Crippen molar-refractivity contribution in [2.24, 2.45) is 0 Å². The largest absolute Gasteiger partial charge is 0.345 e. The Morgan fingerprint density at radius 3 is 2.05 bits per heavy atom. The quantitative estimate of drug-likeness (QED) is 0.520. The summed E-state index contributed by atoms with van der Waals surface area (Å²) in [4.78, 5) is 8.77. The summed E-state index contributed by atoms with van der Waals surface area (Å²) in [6.45, 7) is 18.5. The van der Waals surface area contributed by atoms with Crippen molar-refractivity contribution in [3.05, 3.63) is 17.2 Å². The summed E-state index contributed by atoms with van der Waals surface area (Å²) in [6, 6.07) is 0. The van der Waals surface area contributed by atoms with E-state index in [1.54, 1.807) is 0 Å². The van der Waals surface area contributed by atoms with Crippen LogP contribution in [-0.4, -0.2) is 9.97 Å². The minimum absolute atomic E-state index is 0.177. The minimum atomic E-state index is 0.177. The number of nitrogens with zero attached hydrogens (tertiary/aromatic N) is 1. The Morgan fingerprint density at radius 2 is 1.59 bits per heavy atom. The summed E-state index contributed by atoms with van der Waals surface area (Å²) < 4.78 is 0. The van der Waals surface area contributed by atoms with E-state index in [4.69, 9.17) is 4.98 Å². The second-order valence-electron chi connectivity index (χ2n) is 8.11. The molecule has 0 amide bonds. The molecule has 1 heterocycles. The molecule has 1 N–H and O–H groups in total. The molecule has 2 heteroatoms. The molecule has 0 bridgehead atoms. The summed E-state index contributed by atoms with van der Waals surface area (Å²) in [6.07, 6.45) is 7.42. The fourth-order valence-electron chi connectivity index (χ4n) is 3.12. The highest BCUT2D eigenvalue weighted by Gasteiger charge is 2.35. The van der Waals surface area contributed by atoms with Crippen LogP contribution in [0.1, 0.15) is 117 Å². The zero-order valence-electron chi connectivity index (χ0n) is 16.3. The van der Waals surface area contributed by atoms with Gasteiger partial charge in [0.05, 0.1) is 5.69 Å². The van der Waals surface area contributed by atoms with Gasteiger partial charge in [-0.1, -0.05) is 74.7 Å². The van der Waals surface area contributed by atoms with E-state index in [9.17, 15) is 0 Å². The topological polar surface area (TPSA) is 28.7 Å². The number of hydrogen-bond donors (Lipinski definition) is 1. The van der Waals surface area contributed by atoms with Crippen LogP contribution in [0, 0.1) is 0 Å². The van der Waals surface area contributed by atoms with Gasteiger partial charge in [-0.05, 0) is 19.3 Å². The third-order valence-corrected chi connectivity index (χ3v) is 5.48. The van der Waals surface area contributed by atoms with Gasteiger partial charge in [-0.15, -0.1) is 0 Å². The number of hydrogen-bond acceptors (Lipinski definition) is 1. The second kappa shape index (κ2) is 7.66. The standard InChI is InChI=1S/C20H38N2/c1-9-12-13-14-19(6,7)16-17(20(8,10-2)11-3)22-18(21-16)15(4)5/h15H,9-14H2,1-8H3,(H,21,22). The van der Waals surface area contributed by atoms with Gasteiger partial charge in [-0.3, -0.25) is 0 Å². The van der Waals surface area contributed by atoms with Gasteiger partial charge in [0.1, 0.15) is 5.82 Å². The summed E-state index contributed by atoms with van der Waals surface area (Å²) in [5.74, 6) is 1.61. The molecule has 22 heavy (non-hydrogen) atoms. The number of H-pyrrole nitrogens is 1. The van der Waals surface area contributed by atoms with Crippen LogP contribution in [-0.2, 0) is 10.8 Å². The average molecular weight is 307 g/mol. The van der Waals surface area contributed by atoms with Gasteiger partial charge in [0.25, 0.3) is 0 Å². The molecular weight excluding hydrogens is 268 g/mol. The highest BCUT2D eigenvalue weighted by Crippen LogP contribution is 2.39. The van der Waals surface area contributed by atoms with E-state index in [1.165, 1.54) is 37.1 Å². The molecule has 0 aliphatic heterocycles. The van der Waals surface area contributed by atoms with Crippen LogP contribution in [0.4, 0.5) is 0 Å². The maximum Gasteiger partial charge on any atom is 0.109 e. The van der Waals surface area contributed by atoms with Crippen molar-refractivity contribution < 1.29 is 0 Å². The lowest BCUT2D eigenvalue weighted by atomic mass is 9.74. The van der Waals surface area contributed by atoms with Gasteiger partial charge in [-0.2, -0.15) is 0 Å². The van der Waals surface area contributed by atoms with Crippen LogP contribution >= 0.6 is 0 Å². The summed E-state index contributed by atoms with van der Waals surface area (Å²) in [5.41, 5.74) is 3.07. The molecule has 0 aliphatic carbocycles. The lowest BCUT2D eigenvalue weighted by Gasteiger charge is -2.31. The number of aromatic nitrogens is 2. The van der Waals surface area contributed by atoms with E-state index in [0.717, 1.165) is 18.7 Å². The smallest absolute Gasteiger partial charge is 0.109 e. The van der Waals surface area contributed by atoms with Crippen LogP contribution in [0.5, 0.6) is 0 Å². The Labute approximate surface area is 138 Å². The first-order valence-electron chi connectivity index (χ1n) is 9.32. The highest BCUT2D eigenvalue weighted by atomic mass is 15.0. The van der Waals surface area contributed by atoms with Crippen molar-refractivity contribution in [1.82, 2.24) is 9.97 Å². The SMILES string of the molecule is CCCCCC(C)(C)c1[nH]c(C(C)C)nc1C(C)(CC)CC. The third-order valence-electron chi connectivity index (χ3n) is 5.48. The molecule has 128 valence electrons. The first-order valence-corrected chi connectivity index (χ1v) is 9.32. The molecule has 0 saturated carbocycles. The van der Waals surface area contributed by atoms with Gasteiger partial charge in [0, 0.05) is 22.4 Å². The average Bonchev–Trinajstić information content (AvgIpc) is 2.93. The van der Waals surface area contributed by atoms with E-state index in [0.29, 0.717) is 5.92 Å². The molecule has 0 aliphatic rings. The van der Waals surface area contributed by atoms with Gasteiger partial charge < -0.3 is 4.98 Å². The molecule has 1 rings (SSSR count). The summed E-state index contributed by atoms with van der Waals surface area (Å²) >= 11 is 0. The molecule has 0 aromatic carbocycles. The molecule has 0 saturated heterocycles. The molecule has 0 unspecified atom stereocenters. The van der Waals surface area contributed by atoms with Crippen molar-refractivity contribution in [3.8, 4) is 0 Å². The van der Waals surface area contributed by atoms with E-state index in [-0.39, 0.29) is 10.8 Å². The maximum absolute atomic E-state index is 5.06. The fraction of sp³-hybridized carbons (Fsp3) is 0.850. The van der Waals surface area contributed by atoms with Gasteiger partial charge in [0.15, 0.2) is 0 Å². The predicted octanol–water partition coefficient (Wildman–Crippen LogP) is 6.47. The van der Waals surface area contributed by atoms with Crippen LogP contribution in [0.15, 0.2) is 0 Å². The monoisotopic (exact) mass is 306 g/mol. The highest BCUT2D eigenvalue weighted by molar-refractivity contribution is 5.30. The zero-order chi connectivity index (χ0) is 17.0. The molecule has 0 spiro atoms. The predicted molar refractivity (Wildman–Crippen MR) is 97.8 cm³/mol. The third kappa shape index (κ3) is 4.14. The number of imidazole rings is 1. The van der Waals surface area contributed by atoms with Gasteiger partial charge in [0.2, 0.25) is 0 Å². The van der Waals surface area contributed by atoms with Crippen LogP contribution in [0.3, 0.4) is 0 Å². The van der Waals surface area contributed by atoms with Gasteiger partial charge in [-0.25, -0.2) is 4.98 Å². The maximum atomic E-state index is 5.06. The summed E-state index contributed by atoms with van der Waals surface area (Å²) in [7, 11) is 0. The molecule has 2 nitrogen and oxygen atoms in total. The molecular formula is C20H38N2. The first kappa shape index (κ1) is 19.3. The molecule has 0 atom stereocenters. The van der Waals surface area contributed by atoms with Crippen molar-refractivity contribution in [3.63, 3.8) is 0 Å². The van der Waals surface area contributed by atoms with Gasteiger partial charge >= 0.3 is 0 Å². The van der Waals surface area contributed by atoms with Crippen molar-refractivity contribution in [2.45, 2.75) is 111 Å². The molecule has 1 aromatic heterocycles. The van der Waals surface area contributed by atoms with Crippen LogP contribution in [0.2, 0.25) is 0 Å². The Balaban J connectivity index is 3.26. The lowest BCUT2D eigenvalue weighted by Crippen LogP contribution is -2.28. The number of aromatic amines is 1. The van der Waals surface area contributed by atoms with Crippen LogP contribution < -0.4 is 0 Å². The van der Waals surface area contributed by atoms with Crippen LogP contribution in [0.25, 0.3) is 0 Å². The normalized spacial score (nSPS) is 13.1. The Bertz CT molecular complexity index is 450. The Kier molecular flexibility index (Phi) is 6.70. The number of rotatable bonds is 9. The minimum Gasteiger partial charge on any atom is -0.345 e. The van der Waals surface area contributed by atoms with E-state index in [1.807, 2.05) is 0 Å². The van der Waals surface area contributed by atoms with Crippen molar-refractivity contribution in [1.29, 1.82) is 0 Å². The van der Waals surface area contributed by atoms with Crippen molar-refractivity contribution in [2.75, 3.05) is 0 Å². The van der Waals surface area contributed by atoms with Crippen molar-refractivity contribution >= 4 is 0 Å². The molecule has 1 aromatic rings. The molecule has 0 fully saturated rings. The zero-order valence-corrected chi connectivity index (χ0v) is 16.3. The lowest BCUT2D eigenvalue weighted by molar-refractivity contribution is 0.390. The first-order chi connectivity index (χ1) is 10.2. The summed E-state index contributed by atoms with van der Waals surface area (Å²) in [5, 5.41) is 0. The van der Waals surface area contributed by atoms with E-state index < -0.39 is 0 Å².